The Balaban J connectivity index is 2.23. The Bertz CT molecular complexity index is 209. The molecule has 2 atom stereocenters. The first-order valence-corrected chi connectivity index (χ1v) is 5.44. The largest absolute Gasteiger partial charge is 0.480 e. The molecule has 0 aliphatic heterocycles. The van der Waals surface area contributed by atoms with Crippen LogP contribution in [0.15, 0.2) is 0 Å². The van der Waals surface area contributed by atoms with Crippen LogP contribution in [0.4, 0.5) is 0 Å². The monoisotopic (exact) mass is 199 g/mol. The molecule has 0 heterocycles. The second-order valence-electron chi connectivity index (χ2n) is 5.05. The minimum absolute atomic E-state index is 0.418. The smallest absolute Gasteiger partial charge is 0.323 e. The lowest BCUT2D eigenvalue weighted by Crippen LogP contribution is -2.46. The number of carbonyl (C=O) groups is 1. The molecule has 0 radical (unpaired) electrons. The van der Waals surface area contributed by atoms with Gasteiger partial charge >= 0.3 is 5.97 Å². The van der Waals surface area contributed by atoms with Crippen molar-refractivity contribution in [3.05, 3.63) is 0 Å². The zero-order valence-electron chi connectivity index (χ0n) is 9.12. The zero-order chi connectivity index (χ0) is 10.8. The van der Waals surface area contributed by atoms with Crippen molar-refractivity contribution in [3.63, 3.8) is 0 Å². The van der Waals surface area contributed by atoms with Gasteiger partial charge in [0.05, 0.1) is 0 Å². The molecular formula is C11H21NO2. The minimum atomic E-state index is -1.05. The number of rotatable bonds is 6. The molecule has 14 heavy (non-hydrogen) atoms. The third-order valence-electron chi connectivity index (χ3n) is 3.03. The van der Waals surface area contributed by atoms with Crippen LogP contribution in [-0.4, -0.2) is 16.6 Å². The van der Waals surface area contributed by atoms with E-state index in [-0.39, 0.29) is 0 Å². The molecular weight excluding hydrogens is 178 g/mol. The van der Waals surface area contributed by atoms with E-state index in [1.807, 2.05) is 0 Å². The van der Waals surface area contributed by atoms with Crippen LogP contribution in [0.3, 0.4) is 0 Å². The average molecular weight is 199 g/mol. The van der Waals surface area contributed by atoms with E-state index in [1.165, 1.54) is 19.3 Å². The van der Waals surface area contributed by atoms with E-state index in [9.17, 15) is 4.79 Å². The summed E-state index contributed by atoms with van der Waals surface area (Å²) in [5.41, 5.74) is 4.63. The quantitative estimate of drug-likeness (QED) is 0.687. The summed E-state index contributed by atoms with van der Waals surface area (Å²) in [5, 5.41) is 8.85. The number of carboxylic acid groups (broad SMARTS) is 1. The molecule has 82 valence electrons. The number of hydrogen-bond donors (Lipinski definition) is 2. The maximum absolute atomic E-state index is 10.8. The first-order chi connectivity index (χ1) is 6.42. The molecule has 1 aliphatic carbocycles. The predicted octanol–water partition coefficient (Wildman–Crippen LogP) is 2.00. The molecule has 1 rings (SSSR count). The van der Waals surface area contributed by atoms with Crippen LogP contribution in [0.2, 0.25) is 0 Å². The summed E-state index contributed by atoms with van der Waals surface area (Å²) in [5.74, 6) is 0.448. The Morgan fingerprint density at radius 1 is 1.64 bits per heavy atom. The molecule has 1 saturated carbocycles. The third-order valence-corrected chi connectivity index (χ3v) is 3.03. The van der Waals surface area contributed by atoms with E-state index in [0.29, 0.717) is 12.3 Å². The van der Waals surface area contributed by atoms with Gasteiger partial charge in [-0.15, -0.1) is 0 Å². The van der Waals surface area contributed by atoms with Crippen LogP contribution in [0.1, 0.15) is 46.0 Å². The highest BCUT2D eigenvalue weighted by molar-refractivity contribution is 5.77. The highest BCUT2D eigenvalue weighted by atomic mass is 16.4. The summed E-state index contributed by atoms with van der Waals surface area (Å²) < 4.78 is 0. The Kier molecular flexibility index (Phi) is 3.53. The van der Waals surface area contributed by atoms with Gasteiger partial charge in [0.2, 0.25) is 0 Å². The van der Waals surface area contributed by atoms with Crippen molar-refractivity contribution in [2.45, 2.75) is 51.5 Å². The van der Waals surface area contributed by atoms with Gasteiger partial charge in [-0.1, -0.05) is 32.6 Å². The van der Waals surface area contributed by atoms with Crippen molar-refractivity contribution in [3.8, 4) is 0 Å². The number of nitrogens with two attached hydrogens (primary N) is 1. The molecule has 3 heteroatoms. The lowest BCUT2D eigenvalue weighted by atomic mass is 9.88. The van der Waals surface area contributed by atoms with Crippen molar-refractivity contribution in [2.75, 3.05) is 0 Å². The summed E-state index contributed by atoms with van der Waals surface area (Å²) in [6.45, 7) is 3.69. The van der Waals surface area contributed by atoms with Gasteiger partial charge in [0.1, 0.15) is 5.54 Å². The lowest BCUT2D eigenvalue weighted by Gasteiger charge is -2.23. The predicted molar refractivity (Wildman–Crippen MR) is 56.0 cm³/mol. The summed E-state index contributed by atoms with van der Waals surface area (Å²) in [4.78, 5) is 10.8. The molecule has 3 nitrogen and oxygen atoms in total. The van der Waals surface area contributed by atoms with E-state index in [1.54, 1.807) is 6.92 Å². The van der Waals surface area contributed by atoms with Gasteiger partial charge in [-0.3, -0.25) is 4.79 Å². The van der Waals surface area contributed by atoms with E-state index < -0.39 is 11.5 Å². The van der Waals surface area contributed by atoms with Crippen LogP contribution in [-0.2, 0) is 4.79 Å². The van der Waals surface area contributed by atoms with Crippen LogP contribution in [0.5, 0.6) is 0 Å². The summed E-state index contributed by atoms with van der Waals surface area (Å²) in [6.07, 6.45) is 5.67. The molecule has 0 aromatic heterocycles. The van der Waals surface area contributed by atoms with Crippen LogP contribution in [0.25, 0.3) is 0 Å². The first-order valence-electron chi connectivity index (χ1n) is 5.44. The van der Waals surface area contributed by atoms with Crippen molar-refractivity contribution in [1.82, 2.24) is 0 Å². The van der Waals surface area contributed by atoms with Gasteiger partial charge in [0, 0.05) is 0 Å². The average Bonchev–Trinajstić information content (AvgIpc) is 2.82. The van der Waals surface area contributed by atoms with Crippen LogP contribution >= 0.6 is 0 Å². The van der Waals surface area contributed by atoms with Crippen LogP contribution in [0, 0.1) is 11.8 Å². The Morgan fingerprint density at radius 3 is 2.64 bits per heavy atom. The summed E-state index contributed by atoms with van der Waals surface area (Å²) in [6, 6.07) is 0. The van der Waals surface area contributed by atoms with Crippen molar-refractivity contribution >= 4 is 5.97 Å². The molecule has 0 aromatic carbocycles. The molecule has 1 aliphatic rings. The minimum Gasteiger partial charge on any atom is -0.480 e. The van der Waals surface area contributed by atoms with Gasteiger partial charge in [0.15, 0.2) is 0 Å². The SMILES string of the molecule is C[C@H](CCC1CC1)C[C@@](C)(N)C(=O)O. The fourth-order valence-corrected chi connectivity index (χ4v) is 1.84. The molecule has 0 spiro atoms. The topological polar surface area (TPSA) is 63.3 Å². The molecule has 0 aromatic rings. The number of hydrogen-bond acceptors (Lipinski definition) is 2. The standard InChI is InChI=1S/C11H21NO2/c1-8(3-4-9-5-6-9)7-11(2,12)10(13)14/h8-9H,3-7,12H2,1-2H3,(H,13,14)/t8-,11-/m1/s1. The Hall–Kier alpha value is -0.570. The third kappa shape index (κ3) is 3.66. The fourth-order valence-electron chi connectivity index (χ4n) is 1.84. The van der Waals surface area contributed by atoms with E-state index >= 15 is 0 Å². The molecule has 1 fully saturated rings. The lowest BCUT2D eigenvalue weighted by molar-refractivity contribution is -0.143. The fraction of sp³-hybridized carbons (Fsp3) is 0.909. The molecule has 0 unspecified atom stereocenters. The number of aliphatic carboxylic acids is 1. The van der Waals surface area contributed by atoms with Gasteiger partial charge in [-0.25, -0.2) is 0 Å². The van der Waals surface area contributed by atoms with Gasteiger partial charge in [-0.2, -0.15) is 0 Å². The highest BCUT2D eigenvalue weighted by Crippen LogP contribution is 2.35. The van der Waals surface area contributed by atoms with Crippen molar-refractivity contribution in [2.24, 2.45) is 17.6 Å². The molecule has 3 N–H and O–H groups in total. The second-order valence-corrected chi connectivity index (χ2v) is 5.05. The summed E-state index contributed by atoms with van der Waals surface area (Å²) in [7, 11) is 0. The number of carboxylic acids is 1. The first kappa shape index (κ1) is 11.5. The van der Waals surface area contributed by atoms with E-state index in [0.717, 1.165) is 12.3 Å². The van der Waals surface area contributed by atoms with Crippen molar-refractivity contribution < 1.29 is 9.90 Å². The maximum Gasteiger partial charge on any atom is 0.323 e. The van der Waals surface area contributed by atoms with Crippen LogP contribution < -0.4 is 5.73 Å². The second kappa shape index (κ2) is 4.30. The van der Waals surface area contributed by atoms with E-state index in [4.69, 9.17) is 10.8 Å². The molecule has 0 amide bonds. The van der Waals surface area contributed by atoms with Gasteiger partial charge in [-0.05, 0) is 25.2 Å². The highest BCUT2D eigenvalue weighted by Gasteiger charge is 2.30. The Labute approximate surface area is 85.7 Å². The van der Waals surface area contributed by atoms with Gasteiger partial charge < -0.3 is 10.8 Å². The molecule has 0 bridgehead atoms. The normalized spacial score (nSPS) is 22.8. The zero-order valence-corrected chi connectivity index (χ0v) is 9.12. The van der Waals surface area contributed by atoms with Gasteiger partial charge in [0.25, 0.3) is 0 Å². The van der Waals surface area contributed by atoms with Crippen molar-refractivity contribution in [1.29, 1.82) is 0 Å². The summed E-state index contributed by atoms with van der Waals surface area (Å²) >= 11 is 0. The maximum atomic E-state index is 10.8. The Morgan fingerprint density at radius 2 is 2.21 bits per heavy atom. The van der Waals surface area contributed by atoms with E-state index in [2.05, 4.69) is 6.92 Å². The molecule has 0 saturated heterocycles.